The molecule has 0 saturated heterocycles. The van der Waals surface area contributed by atoms with E-state index in [1.807, 2.05) is 25.1 Å². The highest BCUT2D eigenvalue weighted by molar-refractivity contribution is 5.97. The average Bonchev–Trinajstić information content (AvgIpc) is 2.46. The van der Waals surface area contributed by atoms with E-state index in [0.29, 0.717) is 18.7 Å². The average molecular weight is 287 g/mol. The minimum atomic E-state index is -0.411. The number of nitrogens with zero attached hydrogens (tertiary/aromatic N) is 1. The van der Waals surface area contributed by atoms with Gasteiger partial charge in [-0.15, -0.1) is 0 Å². The lowest BCUT2D eigenvalue weighted by Crippen LogP contribution is -2.16. The second-order valence-electron chi connectivity index (χ2n) is 4.93. The second kappa shape index (κ2) is 6.85. The van der Waals surface area contributed by atoms with Gasteiger partial charge in [0.25, 0.3) is 0 Å². The van der Waals surface area contributed by atoms with Crippen LogP contribution >= 0.6 is 0 Å². The number of hydrogen-bond donors (Lipinski definition) is 3. The molecule has 0 atom stereocenters. The Morgan fingerprint density at radius 3 is 2.67 bits per heavy atom. The molecule has 0 bridgehead atoms. The second-order valence-corrected chi connectivity index (χ2v) is 4.93. The van der Waals surface area contributed by atoms with Crippen LogP contribution in [0.3, 0.4) is 0 Å². The van der Waals surface area contributed by atoms with Gasteiger partial charge in [-0.2, -0.15) is 0 Å². The lowest BCUT2D eigenvalue weighted by Gasteiger charge is -2.08. The summed E-state index contributed by atoms with van der Waals surface area (Å²) in [5, 5.41) is 14.8. The van der Waals surface area contributed by atoms with Crippen molar-refractivity contribution in [1.29, 1.82) is 0 Å². The number of rotatable bonds is 5. The predicted octanol–water partition coefficient (Wildman–Crippen LogP) is 2.52. The van der Waals surface area contributed by atoms with E-state index < -0.39 is 5.82 Å². The van der Waals surface area contributed by atoms with Gasteiger partial charge in [-0.3, -0.25) is 0 Å². The molecular weight excluding hydrogens is 269 g/mol. The maximum Gasteiger partial charge on any atom is 0.170 e. The smallest absolute Gasteiger partial charge is 0.170 e. The molecule has 2 aromatic carbocycles. The molecule has 4 N–H and O–H groups in total. The molecule has 0 amide bonds. The maximum absolute atomic E-state index is 13.5. The van der Waals surface area contributed by atoms with Crippen LogP contribution in [0.2, 0.25) is 0 Å². The lowest BCUT2D eigenvalue weighted by atomic mass is 10.1. The van der Waals surface area contributed by atoms with Crippen LogP contribution in [-0.4, -0.2) is 11.0 Å². The van der Waals surface area contributed by atoms with Crippen molar-refractivity contribution in [2.45, 2.75) is 20.0 Å². The normalized spacial score (nSPS) is 11.6. The molecule has 0 radical (unpaired) electrons. The Bertz CT molecular complexity index is 656. The molecule has 0 unspecified atom stereocenters. The van der Waals surface area contributed by atoms with Crippen LogP contribution in [0.4, 0.5) is 4.39 Å². The van der Waals surface area contributed by atoms with E-state index >= 15 is 0 Å². The quantitative estimate of drug-likeness (QED) is 0.342. The zero-order valence-electron chi connectivity index (χ0n) is 11.8. The third kappa shape index (κ3) is 4.29. The molecule has 5 heteroatoms. The standard InChI is InChI=1S/C16H18FN3O/c1-11-3-2-4-12(5-11)9-19-10-13-6-14(16(18)20-21)8-15(17)7-13/h2-8,19,21H,9-10H2,1H3,(H2,18,20). The zero-order chi connectivity index (χ0) is 15.2. The monoisotopic (exact) mass is 287 g/mol. The van der Waals surface area contributed by atoms with Crippen LogP contribution in [-0.2, 0) is 13.1 Å². The third-order valence-electron chi connectivity index (χ3n) is 3.10. The van der Waals surface area contributed by atoms with Gasteiger partial charge in [-0.1, -0.05) is 35.0 Å². The molecule has 0 fully saturated rings. The molecule has 0 aliphatic rings. The van der Waals surface area contributed by atoms with E-state index in [2.05, 4.69) is 16.5 Å². The molecule has 0 saturated carbocycles. The Morgan fingerprint density at radius 2 is 1.95 bits per heavy atom. The van der Waals surface area contributed by atoms with Gasteiger partial charge in [-0.25, -0.2) is 4.39 Å². The Kier molecular flexibility index (Phi) is 4.90. The van der Waals surface area contributed by atoms with Crippen LogP contribution < -0.4 is 11.1 Å². The molecule has 0 heterocycles. The summed E-state index contributed by atoms with van der Waals surface area (Å²) in [6, 6.07) is 12.5. The van der Waals surface area contributed by atoms with Crippen molar-refractivity contribution in [3.63, 3.8) is 0 Å². The van der Waals surface area contributed by atoms with Gasteiger partial charge in [0.2, 0.25) is 0 Å². The zero-order valence-corrected chi connectivity index (χ0v) is 11.8. The van der Waals surface area contributed by atoms with E-state index in [4.69, 9.17) is 10.9 Å². The molecule has 4 nitrogen and oxygen atoms in total. The molecule has 0 aliphatic carbocycles. The molecule has 110 valence electrons. The van der Waals surface area contributed by atoms with Crippen molar-refractivity contribution >= 4 is 5.84 Å². The lowest BCUT2D eigenvalue weighted by molar-refractivity contribution is 0.318. The first-order valence-corrected chi connectivity index (χ1v) is 6.62. The summed E-state index contributed by atoms with van der Waals surface area (Å²) in [4.78, 5) is 0. The van der Waals surface area contributed by atoms with E-state index in [-0.39, 0.29) is 5.84 Å². The first-order valence-electron chi connectivity index (χ1n) is 6.62. The van der Waals surface area contributed by atoms with Crippen LogP contribution in [0.1, 0.15) is 22.3 Å². The Hall–Kier alpha value is -2.40. The van der Waals surface area contributed by atoms with Gasteiger partial charge < -0.3 is 16.3 Å². The minimum absolute atomic E-state index is 0.102. The van der Waals surface area contributed by atoms with E-state index in [1.54, 1.807) is 6.07 Å². The molecule has 21 heavy (non-hydrogen) atoms. The highest BCUT2D eigenvalue weighted by Gasteiger charge is 2.05. The Morgan fingerprint density at radius 1 is 1.19 bits per heavy atom. The number of amidine groups is 1. The largest absolute Gasteiger partial charge is 0.409 e. The van der Waals surface area contributed by atoms with Crippen molar-refractivity contribution in [2.24, 2.45) is 10.9 Å². The van der Waals surface area contributed by atoms with Crippen LogP contribution in [0.15, 0.2) is 47.6 Å². The van der Waals surface area contributed by atoms with Crippen molar-refractivity contribution < 1.29 is 9.60 Å². The molecular formula is C16H18FN3O. The molecule has 2 aromatic rings. The Balaban J connectivity index is 2.01. The van der Waals surface area contributed by atoms with Crippen molar-refractivity contribution in [2.75, 3.05) is 0 Å². The predicted molar refractivity (Wildman–Crippen MR) is 80.6 cm³/mol. The fourth-order valence-electron chi connectivity index (χ4n) is 2.13. The minimum Gasteiger partial charge on any atom is -0.409 e. The summed E-state index contributed by atoms with van der Waals surface area (Å²) >= 11 is 0. The number of hydrogen-bond acceptors (Lipinski definition) is 3. The number of nitrogens with two attached hydrogens (primary N) is 1. The SMILES string of the molecule is Cc1cccc(CNCc2cc(F)cc(/C(N)=N/O)c2)c1. The summed E-state index contributed by atoms with van der Waals surface area (Å²) in [5.74, 6) is -0.513. The fraction of sp³-hybridized carbons (Fsp3) is 0.188. The van der Waals surface area contributed by atoms with Gasteiger partial charge in [0.05, 0.1) is 0 Å². The van der Waals surface area contributed by atoms with E-state index in [9.17, 15) is 4.39 Å². The molecule has 2 rings (SSSR count). The summed E-state index contributed by atoms with van der Waals surface area (Å²) in [6.45, 7) is 3.23. The highest BCUT2D eigenvalue weighted by Crippen LogP contribution is 2.10. The molecule has 0 aromatic heterocycles. The highest BCUT2D eigenvalue weighted by atomic mass is 19.1. The van der Waals surface area contributed by atoms with Crippen molar-refractivity contribution in [3.8, 4) is 0 Å². The number of benzene rings is 2. The summed E-state index contributed by atoms with van der Waals surface area (Å²) in [7, 11) is 0. The van der Waals surface area contributed by atoms with Gasteiger partial charge in [0.1, 0.15) is 5.82 Å². The number of oxime groups is 1. The summed E-state index contributed by atoms with van der Waals surface area (Å²) in [6.07, 6.45) is 0. The van der Waals surface area contributed by atoms with Gasteiger partial charge in [0, 0.05) is 18.7 Å². The number of halogens is 1. The Labute approximate surface area is 123 Å². The fourth-order valence-corrected chi connectivity index (χ4v) is 2.13. The first-order chi connectivity index (χ1) is 10.1. The van der Waals surface area contributed by atoms with Gasteiger partial charge >= 0.3 is 0 Å². The van der Waals surface area contributed by atoms with Gasteiger partial charge in [0.15, 0.2) is 5.84 Å². The van der Waals surface area contributed by atoms with E-state index in [1.165, 1.54) is 23.3 Å². The molecule has 0 spiro atoms. The third-order valence-corrected chi connectivity index (χ3v) is 3.10. The summed E-state index contributed by atoms with van der Waals surface area (Å²) in [5.41, 5.74) is 8.96. The van der Waals surface area contributed by atoms with Gasteiger partial charge in [-0.05, 0) is 36.2 Å². The number of aryl methyl sites for hydroxylation is 1. The van der Waals surface area contributed by atoms with Crippen molar-refractivity contribution in [1.82, 2.24) is 5.32 Å². The van der Waals surface area contributed by atoms with Crippen LogP contribution in [0.25, 0.3) is 0 Å². The topological polar surface area (TPSA) is 70.6 Å². The van der Waals surface area contributed by atoms with Crippen LogP contribution in [0, 0.1) is 12.7 Å². The van der Waals surface area contributed by atoms with Crippen molar-refractivity contribution in [3.05, 3.63) is 70.5 Å². The molecule has 0 aliphatic heterocycles. The van der Waals surface area contributed by atoms with E-state index in [0.717, 1.165) is 5.56 Å². The maximum atomic E-state index is 13.5. The number of nitrogens with one attached hydrogen (secondary N) is 1. The van der Waals surface area contributed by atoms with Crippen LogP contribution in [0.5, 0.6) is 0 Å². The first kappa shape index (κ1) is 15.0. The summed E-state index contributed by atoms with van der Waals surface area (Å²) < 4.78 is 13.5.